The summed E-state index contributed by atoms with van der Waals surface area (Å²) in [7, 11) is 1.90. The number of hydrogen-bond donors (Lipinski definition) is 1. The monoisotopic (exact) mass is 233 g/mol. The predicted molar refractivity (Wildman–Crippen MR) is 66.0 cm³/mol. The molecule has 90 valence electrons. The number of nitrogens with two attached hydrogens (primary N) is 1. The van der Waals surface area contributed by atoms with Gasteiger partial charge >= 0.3 is 0 Å². The van der Waals surface area contributed by atoms with Crippen LogP contribution in [0.25, 0.3) is 11.1 Å². The Bertz CT molecular complexity index is 505. The van der Waals surface area contributed by atoms with Gasteiger partial charge in [-0.05, 0) is 37.1 Å². The van der Waals surface area contributed by atoms with Crippen LogP contribution in [0.3, 0.4) is 0 Å². The van der Waals surface area contributed by atoms with E-state index in [9.17, 15) is 4.39 Å². The standard InChI is InChI=1S/C13H16FN3/c1-17-13(6-3-7-15)12(9-16-17)10-4-2-5-11(14)8-10/h2,4-5,8-9H,3,6-7,15H2,1H3. The number of rotatable bonds is 4. The summed E-state index contributed by atoms with van der Waals surface area (Å²) in [6.45, 7) is 0.647. The molecule has 17 heavy (non-hydrogen) atoms. The van der Waals surface area contributed by atoms with Crippen LogP contribution < -0.4 is 5.73 Å². The first kappa shape index (κ1) is 11.8. The number of halogens is 1. The Labute approximate surface area is 100 Å². The molecule has 0 unspecified atom stereocenters. The van der Waals surface area contributed by atoms with E-state index >= 15 is 0 Å². The summed E-state index contributed by atoms with van der Waals surface area (Å²) in [5, 5.41) is 4.23. The van der Waals surface area contributed by atoms with Crippen molar-refractivity contribution in [3.63, 3.8) is 0 Å². The molecule has 0 aliphatic carbocycles. The number of aromatic nitrogens is 2. The lowest BCUT2D eigenvalue weighted by molar-refractivity contribution is 0.628. The molecule has 0 amide bonds. The van der Waals surface area contributed by atoms with Crippen LogP contribution in [-0.2, 0) is 13.5 Å². The molecule has 1 aromatic carbocycles. The zero-order chi connectivity index (χ0) is 12.3. The molecule has 0 aliphatic heterocycles. The molecule has 4 heteroatoms. The minimum atomic E-state index is -0.226. The van der Waals surface area contributed by atoms with Crippen molar-refractivity contribution in [2.24, 2.45) is 12.8 Å². The van der Waals surface area contributed by atoms with Crippen LogP contribution in [0.2, 0.25) is 0 Å². The van der Waals surface area contributed by atoms with Gasteiger partial charge in [-0.15, -0.1) is 0 Å². The van der Waals surface area contributed by atoms with Gasteiger partial charge in [-0.2, -0.15) is 5.10 Å². The van der Waals surface area contributed by atoms with Gasteiger partial charge in [-0.1, -0.05) is 12.1 Å². The molecule has 1 aromatic heterocycles. The molecule has 2 aromatic rings. The van der Waals surface area contributed by atoms with E-state index in [2.05, 4.69) is 5.10 Å². The van der Waals surface area contributed by atoms with Gasteiger partial charge in [0, 0.05) is 18.3 Å². The summed E-state index contributed by atoms with van der Waals surface area (Å²) in [5.41, 5.74) is 8.47. The third-order valence-electron chi connectivity index (χ3n) is 2.81. The minimum Gasteiger partial charge on any atom is -0.330 e. The van der Waals surface area contributed by atoms with Crippen molar-refractivity contribution < 1.29 is 4.39 Å². The number of aryl methyl sites for hydroxylation is 1. The van der Waals surface area contributed by atoms with Crippen LogP contribution in [0.1, 0.15) is 12.1 Å². The van der Waals surface area contributed by atoms with Gasteiger partial charge in [-0.25, -0.2) is 4.39 Å². The average molecular weight is 233 g/mol. The lowest BCUT2D eigenvalue weighted by Gasteiger charge is -2.05. The Hall–Kier alpha value is -1.68. The first-order valence-corrected chi connectivity index (χ1v) is 5.69. The minimum absolute atomic E-state index is 0.226. The van der Waals surface area contributed by atoms with Gasteiger partial charge in [0.1, 0.15) is 5.82 Å². The first-order chi connectivity index (χ1) is 8.22. The van der Waals surface area contributed by atoms with Gasteiger partial charge < -0.3 is 5.73 Å². The fraction of sp³-hybridized carbons (Fsp3) is 0.308. The van der Waals surface area contributed by atoms with Crippen LogP contribution in [0.4, 0.5) is 4.39 Å². The molecule has 2 N–H and O–H groups in total. The molecule has 0 saturated heterocycles. The highest BCUT2D eigenvalue weighted by atomic mass is 19.1. The molecule has 0 radical (unpaired) electrons. The van der Waals surface area contributed by atoms with Gasteiger partial charge in [0.05, 0.1) is 6.20 Å². The van der Waals surface area contributed by atoms with E-state index < -0.39 is 0 Å². The molecule has 3 nitrogen and oxygen atoms in total. The zero-order valence-electron chi connectivity index (χ0n) is 9.86. The molecule has 0 bridgehead atoms. The first-order valence-electron chi connectivity index (χ1n) is 5.69. The smallest absolute Gasteiger partial charge is 0.123 e. The van der Waals surface area contributed by atoms with E-state index in [1.807, 2.05) is 17.8 Å². The molecule has 0 aliphatic rings. The normalized spacial score (nSPS) is 10.8. The Balaban J connectivity index is 2.38. The van der Waals surface area contributed by atoms with Crippen molar-refractivity contribution in [1.82, 2.24) is 9.78 Å². The summed E-state index contributed by atoms with van der Waals surface area (Å²) < 4.78 is 15.0. The highest BCUT2D eigenvalue weighted by Crippen LogP contribution is 2.24. The van der Waals surface area contributed by atoms with Gasteiger partial charge in [0.25, 0.3) is 0 Å². The van der Waals surface area contributed by atoms with Crippen LogP contribution in [0.5, 0.6) is 0 Å². The number of benzene rings is 1. The second-order valence-electron chi connectivity index (χ2n) is 4.03. The Kier molecular flexibility index (Phi) is 3.54. The summed E-state index contributed by atoms with van der Waals surface area (Å²) in [5.74, 6) is -0.226. The van der Waals surface area contributed by atoms with Gasteiger partial charge in [0.15, 0.2) is 0 Å². The van der Waals surface area contributed by atoms with E-state index in [1.165, 1.54) is 12.1 Å². The van der Waals surface area contributed by atoms with E-state index in [-0.39, 0.29) is 5.82 Å². The lowest BCUT2D eigenvalue weighted by Crippen LogP contribution is -2.05. The third-order valence-corrected chi connectivity index (χ3v) is 2.81. The third kappa shape index (κ3) is 2.53. The lowest BCUT2D eigenvalue weighted by atomic mass is 10.0. The highest BCUT2D eigenvalue weighted by Gasteiger charge is 2.10. The maximum Gasteiger partial charge on any atom is 0.123 e. The molecule has 1 heterocycles. The maximum absolute atomic E-state index is 13.2. The van der Waals surface area contributed by atoms with E-state index in [0.29, 0.717) is 6.54 Å². The van der Waals surface area contributed by atoms with Crippen molar-refractivity contribution >= 4 is 0 Å². The van der Waals surface area contributed by atoms with Crippen LogP contribution in [-0.4, -0.2) is 16.3 Å². The molecule has 2 rings (SSSR count). The Morgan fingerprint density at radius 1 is 1.41 bits per heavy atom. The van der Waals surface area contributed by atoms with Crippen LogP contribution >= 0.6 is 0 Å². The zero-order valence-corrected chi connectivity index (χ0v) is 9.86. The fourth-order valence-corrected chi connectivity index (χ4v) is 1.93. The quantitative estimate of drug-likeness (QED) is 0.879. The van der Waals surface area contributed by atoms with Crippen LogP contribution in [0.15, 0.2) is 30.5 Å². The second kappa shape index (κ2) is 5.10. The average Bonchev–Trinajstić information content (AvgIpc) is 2.68. The molecular weight excluding hydrogens is 217 g/mol. The molecule has 0 atom stereocenters. The summed E-state index contributed by atoms with van der Waals surface area (Å²) in [6, 6.07) is 6.58. The summed E-state index contributed by atoms with van der Waals surface area (Å²) in [4.78, 5) is 0. The second-order valence-corrected chi connectivity index (χ2v) is 4.03. The fourth-order valence-electron chi connectivity index (χ4n) is 1.93. The van der Waals surface area contributed by atoms with Crippen molar-refractivity contribution in [3.05, 3.63) is 42.0 Å². The Morgan fingerprint density at radius 2 is 2.24 bits per heavy atom. The van der Waals surface area contributed by atoms with Crippen molar-refractivity contribution in [1.29, 1.82) is 0 Å². The molecule has 0 spiro atoms. The van der Waals surface area contributed by atoms with E-state index in [4.69, 9.17) is 5.73 Å². The number of nitrogens with zero attached hydrogens (tertiary/aromatic N) is 2. The topological polar surface area (TPSA) is 43.8 Å². The van der Waals surface area contributed by atoms with E-state index in [1.54, 1.807) is 12.3 Å². The van der Waals surface area contributed by atoms with Crippen molar-refractivity contribution in [2.75, 3.05) is 6.54 Å². The maximum atomic E-state index is 13.2. The summed E-state index contributed by atoms with van der Waals surface area (Å²) in [6.07, 6.45) is 3.54. The van der Waals surface area contributed by atoms with E-state index in [0.717, 1.165) is 29.7 Å². The predicted octanol–water partition coefficient (Wildman–Crippen LogP) is 2.12. The van der Waals surface area contributed by atoms with Crippen molar-refractivity contribution in [3.8, 4) is 11.1 Å². The van der Waals surface area contributed by atoms with Crippen molar-refractivity contribution in [2.45, 2.75) is 12.8 Å². The molecule has 0 fully saturated rings. The Morgan fingerprint density at radius 3 is 2.94 bits per heavy atom. The summed E-state index contributed by atoms with van der Waals surface area (Å²) >= 11 is 0. The SMILES string of the molecule is Cn1ncc(-c2cccc(F)c2)c1CCCN. The molecular formula is C13H16FN3. The van der Waals surface area contributed by atoms with Crippen LogP contribution in [0, 0.1) is 5.82 Å². The van der Waals surface area contributed by atoms with Gasteiger partial charge in [0.2, 0.25) is 0 Å². The number of hydrogen-bond acceptors (Lipinski definition) is 2. The largest absolute Gasteiger partial charge is 0.330 e. The van der Waals surface area contributed by atoms with Gasteiger partial charge in [-0.3, -0.25) is 4.68 Å². The molecule has 0 saturated carbocycles. The highest BCUT2D eigenvalue weighted by molar-refractivity contribution is 5.65.